The third kappa shape index (κ3) is 3.72. The lowest BCUT2D eigenvalue weighted by Crippen LogP contribution is -2.16. The van der Waals surface area contributed by atoms with Gasteiger partial charge in [0.15, 0.2) is 0 Å². The van der Waals surface area contributed by atoms with Gasteiger partial charge in [0, 0.05) is 4.88 Å². The van der Waals surface area contributed by atoms with Crippen molar-refractivity contribution in [2.45, 2.75) is 33.2 Å². The minimum absolute atomic E-state index is 0.276. The molecule has 1 aromatic carbocycles. The van der Waals surface area contributed by atoms with Crippen LogP contribution < -0.4 is 5.32 Å². The van der Waals surface area contributed by atoms with Crippen LogP contribution in [-0.2, 0) is 6.42 Å². The monoisotopic (exact) mass is 351 g/mol. The molecule has 2 aromatic rings. The second kappa shape index (κ2) is 6.88. The summed E-state index contributed by atoms with van der Waals surface area (Å²) >= 11 is 5.43. The second-order valence-corrected chi connectivity index (χ2v) is 8.07. The lowest BCUT2D eigenvalue weighted by atomic mass is 9.99. The fourth-order valence-corrected chi connectivity index (χ4v) is 4.13. The first-order valence-corrected chi connectivity index (χ1v) is 8.64. The van der Waals surface area contributed by atoms with Crippen LogP contribution in [0.5, 0.6) is 0 Å². The molecule has 1 N–H and O–H groups in total. The topological polar surface area (TPSA) is 12.0 Å². The molecule has 0 bridgehead atoms. The molecule has 0 radical (unpaired) electrons. The molecular weight excluding hydrogens is 330 g/mol. The summed E-state index contributed by atoms with van der Waals surface area (Å²) in [5.41, 5.74) is 4.05. The predicted octanol–water partition coefficient (Wildman–Crippen LogP) is 5.33. The maximum absolute atomic E-state index is 3.62. The average Bonchev–Trinajstić information content (AvgIpc) is 2.72. The molecule has 1 nitrogen and oxygen atoms in total. The average molecular weight is 352 g/mol. The summed E-state index contributed by atoms with van der Waals surface area (Å²) in [5, 5.41) is 3.43. The van der Waals surface area contributed by atoms with Crippen LogP contribution in [0, 0.1) is 12.8 Å². The number of nitrogens with one attached hydrogen (secondary N) is 1. The zero-order chi connectivity index (χ0) is 14.7. The van der Waals surface area contributed by atoms with Crippen LogP contribution in [-0.4, -0.2) is 7.05 Å². The molecule has 1 heterocycles. The van der Waals surface area contributed by atoms with E-state index in [1.165, 1.54) is 25.4 Å². The van der Waals surface area contributed by atoms with Gasteiger partial charge in [0.25, 0.3) is 0 Å². The van der Waals surface area contributed by atoms with Crippen LogP contribution in [0.1, 0.15) is 41.5 Å². The van der Waals surface area contributed by atoms with Gasteiger partial charge in [0.05, 0.1) is 9.83 Å². The summed E-state index contributed by atoms with van der Waals surface area (Å²) in [5.74, 6) is 0.705. The minimum Gasteiger partial charge on any atom is -0.309 e. The van der Waals surface area contributed by atoms with Crippen molar-refractivity contribution in [3.8, 4) is 0 Å². The molecule has 2 rings (SSSR count). The van der Waals surface area contributed by atoms with Gasteiger partial charge >= 0.3 is 0 Å². The SMILES string of the molecule is CNC(c1ccc(CC(C)C)cc1)c1cc(C)c(Br)s1. The fraction of sp³-hybridized carbons (Fsp3) is 0.412. The van der Waals surface area contributed by atoms with E-state index in [4.69, 9.17) is 0 Å². The van der Waals surface area contributed by atoms with Crippen molar-refractivity contribution in [2.75, 3.05) is 7.05 Å². The highest BCUT2D eigenvalue weighted by Gasteiger charge is 2.15. The molecule has 20 heavy (non-hydrogen) atoms. The Morgan fingerprint density at radius 2 is 1.85 bits per heavy atom. The molecule has 0 saturated carbocycles. The molecule has 0 saturated heterocycles. The summed E-state index contributed by atoms with van der Waals surface area (Å²) in [6.45, 7) is 6.66. The lowest BCUT2D eigenvalue weighted by Gasteiger charge is -2.16. The van der Waals surface area contributed by atoms with E-state index in [0.29, 0.717) is 5.92 Å². The van der Waals surface area contributed by atoms with Gasteiger partial charge in [-0.15, -0.1) is 11.3 Å². The van der Waals surface area contributed by atoms with Gasteiger partial charge in [-0.05, 0) is 65.0 Å². The normalized spacial score (nSPS) is 12.9. The first-order chi connectivity index (χ1) is 9.51. The lowest BCUT2D eigenvalue weighted by molar-refractivity contribution is 0.646. The molecule has 0 fully saturated rings. The highest BCUT2D eigenvalue weighted by atomic mass is 79.9. The standard InChI is InChI=1S/C17H22BrNS/c1-11(2)9-13-5-7-14(8-6-13)16(19-4)15-10-12(3)17(18)20-15/h5-8,10-11,16,19H,9H2,1-4H3. The summed E-state index contributed by atoms with van der Waals surface area (Å²) in [4.78, 5) is 1.36. The number of hydrogen-bond donors (Lipinski definition) is 1. The third-order valence-electron chi connectivity index (χ3n) is 3.41. The van der Waals surface area contributed by atoms with E-state index in [1.54, 1.807) is 0 Å². The number of benzene rings is 1. The number of thiophene rings is 1. The molecule has 0 aliphatic rings. The van der Waals surface area contributed by atoms with Crippen molar-refractivity contribution >= 4 is 27.3 Å². The Bertz CT molecular complexity index is 537. The molecule has 1 unspecified atom stereocenters. The molecule has 108 valence electrons. The zero-order valence-corrected chi connectivity index (χ0v) is 14.9. The molecule has 0 aliphatic heterocycles. The van der Waals surface area contributed by atoms with Crippen LogP contribution in [0.25, 0.3) is 0 Å². The van der Waals surface area contributed by atoms with Gasteiger partial charge in [-0.2, -0.15) is 0 Å². The Labute approximate surface area is 134 Å². The predicted molar refractivity (Wildman–Crippen MR) is 92.6 cm³/mol. The number of aryl methyl sites for hydroxylation is 1. The number of halogens is 1. The van der Waals surface area contributed by atoms with E-state index >= 15 is 0 Å². The fourth-order valence-electron chi connectivity index (χ4n) is 2.42. The minimum atomic E-state index is 0.276. The van der Waals surface area contributed by atoms with E-state index in [9.17, 15) is 0 Å². The molecule has 0 spiro atoms. The molecule has 0 amide bonds. The highest BCUT2D eigenvalue weighted by Crippen LogP contribution is 2.34. The molecule has 3 heteroatoms. The summed E-state index contributed by atoms with van der Waals surface area (Å²) in [6.07, 6.45) is 1.15. The maximum Gasteiger partial charge on any atom is 0.0731 e. The van der Waals surface area contributed by atoms with Crippen molar-refractivity contribution in [3.05, 3.63) is 55.7 Å². The first-order valence-electron chi connectivity index (χ1n) is 7.03. The Morgan fingerprint density at radius 1 is 1.20 bits per heavy atom. The number of hydrogen-bond acceptors (Lipinski definition) is 2. The van der Waals surface area contributed by atoms with Crippen LogP contribution in [0.4, 0.5) is 0 Å². The van der Waals surface area contributed by atoms with E-state index in [1.807, 2.05) is 18.4 Å². The zero-order valence-electron chi connectivity index (χ0n) is 12.5. The van der Waals surface area contributed by atoms with Gasteiger partial charge < -0.3 is 5.32 Å². The Kier molecular flexibility index (Phi) is 5.42. The van der Waals surface area contributed by atoms with Gasteiger partial charge in [0.1, 0.15) is 0 Å². The summed E-state index contributed by atoms with van der Waals surface area (Å²) in [7, 11) is 2.02. The van der Waals surface area contributed by atoms with Crippen molar-refractivity contribution in [3.63, 3.8) is 0 Å². The van der Waals surface area contributed by atoms with Gasteiger partial charge in [-0.1, -0.05) is 38.1 Å². The Hall–Kier alpha value is -0.640. The van der Waals surface area contributed by atoms with Crippen LogP contribution in [0.15, 0.2) is 34.1 Å². The molecule has 0 aliphatic carbocycles. The van der Waals surface area contributed by atoms with Crippen molar-refractivity contribution in [2.24, 2.45) is 5.92 Å². The summed E-state index contributed by atoms with van der Waals surface area (Å²) < 4.78 is 1.23. The highest BCUT2D eigenvalue weighted by molar-refractivity contribution is 9.11. The van der Waals surface area contributed by atoms with E-state index in [0.717, 1.165) is 6.42 Å². The van der Waals surface area contributed by atoms with Crippen LogP contribution in [0.2, 0.25) is 0 Å². The van der Waals surface area contributed by atoms with E-state index in [-0.39, 0.29) is 6.04 Å². The van der Waals surface area contributed by atoms with Crippen molar-refractivity contribution in [1.82, 2.24) is 5.32 Å². The molecular formula is C17H22BrNS. The van der Waals surface area contributed by atoms with Crippen LogP contribution >= 0.6 is 27.3 Å². The Morgan fingerprint density at radius 3 is 2.30 bits per heavy atom. The van der Waals surface area contributed by atoms with Crippen molar-refractivity contribution in [1.29, 1.82) is 0 Å². The quantitative estimate of drug-likeness (QED) is 0.767. The van der Waals surface area contributed by atoms with Gasteiger partial charge in [-0.25, -0.2) is 0 Å². The van der Waals surface area contributed by atoms with E-state index in [2.05, 4.69) is 72.3 Å². The molecule has 1 aromatic heterocycles. The second-order valence-electron chi connectivity index (χ2n) is 5.67. The van der Waals surface area contributed by atoms with Gasteiger partial charge in [-0.3, -0.25) is 0 Å². The molecule has 1 atom stereocenters. The Balaban J connectivity index is 2.23. The largest absolute Gasteiger partial charge is 0.309 e. The first kappa shape index (κ1) is 15.7. The summed E-state index contributed by atoms with van der Waals surface area (Å²) in [6, 6.07) is 11.6. The smallest absolute Gasteiger partial charge is 0.0731 e. The third-order valence-corrected chi connectivity index (χ3v) is 5.61. The van der Waals surface area contributed by atoms with Crippen molar-refractivity contribution < 1.29 is 0 Å². The number of rotatable bonds is 5. The van der Waals surface area contributed by atoms with Gasteiger partial charge in [0.2, 0.25) is 0 Å². The van der Waals surface area contributed by atoms with Crippen LogP contribution in [0.3, 0.4) is 0 Å². The maximum atomic E-state index is 3.62. The van der Waals surface area contributed by atoms with E-state index < -0.39 is 0 Å².